The summed E-state index contributed by atoms with van der Waals surface area (Å²) in [6.45, 7) is 3.65. The van der Waals surface area contributed by atoms with Gasteiger partial charge in [0.15, 0.2) is 0 Å². The Balaban J connectivity index is 1.63. The van der Waals surface area contributed by atoms with Crippen LogP contribution in [-0.2, 0) is 20.6 Å². The van der Waals surface area contributed by atoms with E-state index in [1.54, 1.807) is 0 Å². The summed E-state index contributed by atoms with van der Waals surface area (Å²) in [5.41, 5.74) is 2.63. The predicted molar refractivity (Wildman–Crippen MR) is 99.5 cm³/mol. The van der Waals surface area contributed by atoms with Gasteiger partial charge in [0.1, 0.15) is 0 Å². The van der Waals surface area contributed by atoms with Crippen molar-refractivity contribution in [2.45, 2.75) is 25.5 Å². The Morgan fingerprint density at radius 2 is 1.96 bits per heavy atom. The van der Waals surface area contributed by atoms with E-state index in [0.717, 1.165) is 11.5 Å². The molecule has 0 saturated carbocycles. The van der Waals surface area contributed by atoms with Crippen LogP contribution in [0.1, 0.15) is 24.0 Å². The molecule has 0 bridgehead atoms. The van der Waals surface area contributed by atoms with Gasteiger partial charge in [-0.2, -0.15) is 11.8 Å². The van der Waals surface area contributed by atoms with Crippen molar-refractivity contribution in [2.24, 2.45) is 5.92 Å². The fraction of sp³-hybridized carbons (Fsp3) is 0.588. The summed E-state index contributed by atoms with van der Waals surface area (Å²) in [4.78, 5) is 12.2. The molecule has 24 heavy (non-hydrogen) atoms. The Labute approximate surface area is 149 Å². The van der Waals surface area contributed by atoms with Gasteiger partial charge >= 0.3 is 0 Å². The van der Waals surface area contributed by atoms with E-state index in [4.69, 9.17) is 0 Å². The number of benzene rings is 1. The molecule has 1 fully saturated rings. The van der Waals surface area contributed by atoms with Gasteiger partial charge in [-0.1, -0.05) is 24.3 Å². The molecule has 1 N–H and O–H groups in total. The van der Waals surface area contributed by atoms with Gasteiger partial charge in [-0.25, -0.2) is 12.7 Å². The summed E-state index contributed by atoms with van der Waals surface area (Å²) in [5, 5.41) is 2.98. The maximum absolute atomic E-state index is 12.2. The van der Waals surface area contributed by atoms with E-state index in [2.05, 4.69) is 24.4 Å². The summed E-state index contributed by atoms with van der Waals surface area (Å²) in [5.74, 6) is 1.82. The van der Waals surface area contributed by atoms with Crippen molar-refractivity contribution in [3.63, 3.8) is 0 Å². The number of amides is 1. The van der Waals surface area contributed by atoms with E-state index >= 15 is 0 Å². The molecule has 0 aliphatic carbocycles. The van der Waals surface area contributed by atoms with Crippen LogP contribution in [0.15, 0.2) is 24.3 Å². The maximum atomic E-state index is 12.2. The molecule has 1 aliphatic rings. The molecule has 1 heterocycles. The molecule has 0 spiro atoms. The highest BCUT2D eigenvalue weighted by Gasteiger charge is 2.28. The molecule has 0 atom stereocenters. The molecule has 1 amide bonds. The summed E-state index contributed by atoms with van der Waals surface area (Å²) in [6.07, 6.45) is 2.43. The van der Waals surface area contributed by atoms with E-state index in [0.29, 0.717) is 32.5 Å². The quantitative estimate of drug-likeness (QED) is 0.746. The molecule has 1 aliphatic heterocycles. The average molecular weight is 371 g/mol. The van der Waals surface area contributed by atoms with E-state index in [9.17, 15) is 13.2 Å². The van der Waals surface area contributed by atoms with Crippen LogP contribution >= 0.6 is 11.8 Å². The van der Waals surface area contributed by atoms with Crippen molar-refractivity contribution in [3.05, 3.63) is 35.4 Å². The van der Waals surface area contributed by atoms with Gasteiger partial charge in [0.25, 0.3) is 0 Å². The van der Waals surface area contributed by atoms with Crippen LogP contribution in [-0.4, -0.2) is 50.3 Å². The first-order valence-electron chi connectivity index (χ1n) is 8.23. The van der Waals surface area contributed by atoms with Gasteiger partial charge < -0.3 is 5.32 Å². The Morgan fingerprint density at radius 1 is 1.29 bits per heavy atom. The molecule has 1 aromatic carbocycles. The second-order valence-corrected chi connectivity index (χ2v) is 9.29. The van der Waals surface area contributed by atoms with Gasteiger partial charge in [0.05, 0.1) is 6.26 Å². The molecule has 1 aromatic rings. The molecule has 0 aromatic heterocycles. The third kappa shape index (κ3) is 5.79. The largest absolute Gasteiger partial charge is 0.355 e. The number of carbonyl (C=O) groups excluding carboxylic acids is 1. The highest BCUT2D eigenvalue weighted by molar-refractivity contribution is 7.98. The zero-order chi connectivity index (χ0) is 17.6. The van der Waals surface area contributed by atoms with Crippen LogP contribution in [0.5, 0.6) is 0 Å². The summed E-state index contributed by atoms with van der Waals surface area (Å²) in [7, 11) is -3.13. The molecule has 7 heteroatoms. The normalized spacial score (nSPS) is 16.9. The number of carbonyl (C=O) groups is 1. The first-order valence-corrected chi connectivity index (χ1v) is 11.2. The second-order valence-electron chi connectivity index (χ2n) is 6.21. The smallest absolute Gasteiger partial charge is 0.223 e. The van der Waals surface area contributed by atoms with Gasteiger partial charge in [-0.05, 0) is 30.9 Å². The van der Waals surface area contributed by atoms with Crippen LogP contribution in [0.4, 0.5) is 0 Å². The predicted octanol–water partition coefficient (Wildman–Crippen LogP) is 2.02. The monoisotopic (exact) mass is 370 g/mol. The van der Waals surface area contributed by atoms with Crippen molar-refractivity contribution < 1.29 is 13.2 Å². The van der Waals surface area contributed by atoms with Crippen LogP contribution in [0.25, 0.3) is 0 Å². The third-order valence-electron chi connectivity index (χ3n) is 4.36. The van der Waals surface area contributed by atoms with Gasteiger partial charge in [0, 0.05) is 37.1 Å². The van der Waals surface area contributed by atoms with Crippen molar-refractivity contribution in [2.75, 3.05) is 31.6 Å². The molecule has 0 radical (unpaired) electrons. The van der Waals surface area contributed by atoms with Crippen molar-refractivity contribution in [1.82, 2.24) is 9.62 Å². The number of nitrogens with one attached hydrogen (secondary N) is 1. The highest BCUT2D eigenvalue weighted by atomic mass is 32.2. The first-order chi connectivity index (χ1) is 11.4. The lowest BCUT2D eigenvalue weighted by Crippen LogP contribution is -2.42. The minimum absolute atomic E-state index is 0.0552. The SMILES string of the molecule is Cc1ccccc1CSCCNC(=O)C1CCN(S(C)(=O)=O)CC1. The highest BCUT2D eigenvalue weighted by Crippen LogP contribution is 2.19. The number of nitrogens with zero attached hydrogens (tertiary/aromatic N) is 1. The van der Waals surface area contributed by atoms with Crippen LogP contribution in [0.2, 0.25) is 0 Å². The van der Waals surface area contributed by atoms with Crippen molar-refractivity contribution >= 4 is 27.7 Å². The number of rotatable bonds is 7. The number of hydrogen-bond acceptors (Lipinski definition) is 4. The average Bonchev–Trinajstić information content (AvgIpc) is 2.55. The molecule has 2 rings (SSSR count). The van der Waals surface area contributed by atoms with Gasteiger partial charge in [-0.15, -0.1) is 0 Å². The third-order valence-corrected chi connectivity index (χ3v) is 6.67. The molecule has 1 saturated heterocycles. The van der Waals surface area contributed by atoms with Crippen LogP contribution in [0, 0.1) is 12.8 Å². The minimum Gasteiger partial charge on any atom is -0.355 e. The number of sulfonamides is 1. The zero-order valence-electron chi connectivity index (χ0n) is 14.3. The lowest BCUT2D eigenvalue weighted by atomic mass is 9.97. The topological polar surface area (TPSA) is 66.5 Å². The second kappa shape index (κ2) is 8.87. The molecule has 134 valence electrons. The standard InChI is InChI=1S/C17H26N2O3S2/c1-14-5-3-4-6-16(14)13-23-12-9-18-17(20)15-7-10-19(11-8-15)24(2,21)22/h3-6,15H,7-13H2,1-2H3,(H,18,20). The van der Waals surface area contributed by atoms with Gasteiger partial charge in [-0.3, -0.25) is 4.79 Å². The maximum Gasteiger partial charge on any atom is 0.223 e. The number of piperidine rings is 1. The summed E-state index contributed by atoms with van der Waals surface area (Å²) < 4.78 is 24.4. The Bertz CT molecular complexity index is 654. The lowest BCUT2D eigenvalue weighted by molar-refractivity contribution is -0.125. The Morgan fingerprint density at radius 3 is 2.58 bits per heavy atom. The Kier molecular flexibility index (Phi) is 7.13. The van der Waals surface area contributed by atoms with Crippen LogP contribution < -0.4 is 5.32 Å². The molecule has 5 nitrogen and oxygen atoms in total. The van der Waals surface area contributed by atoms with E-state index < -0.39 is 10.0 Å². The molecule has 0 unspecified atom stereocenters. The minimum atomic E-state index is -3.13. The molecular weight excluding hydrogens is 344 g/mol. The van der Waals surface area contributed by atoms with Crippen molar-refractivity contribution in [1.29, 1.82) is 0 Å². The first kappa shape index (κ1) is 19.3. The van der Waals surface area contributed by atoms with Crippen LogP contribution in [0.3, 0.4) is 0 Å². The fourth-order valence-electron chi connectivity index (χ4n) is 2.79. The molecular formula is C17H26N2O3S2. The Hall–Kier alpha value is -1.05. The van der Waals surface area contributed by atoms with E-state index in [-0.39, 0.29) is 11.8 Å². The van der Waals surface area contributed by atoms with Gasteiger partial charge in [0.2, 0.25) is 15.9 Å². The van der Waals surface area contributed by atoms with E-state index in [1.807, 2.05) is 23.9 Å². The number of hydrogen-bond donors (Lipinski definition) is 1. The summed E-state index contributed by atoms with van der Waals surface area (Å²) >= 11 is 1.81. The zero-order valence-corrected chi connectivity index (χ0v) is 16.0. The number of thioether (sulfide) groups is 1. The summed E-state index contributed by atoms with van der Waals surface area (Å²) in [6, 6.07) is 8.34. The lowest BCUT2D eigenvalue weighted by Gasteiger charge is -2.29. The van der Waals surface area contributed by atoms with Crippen molar-refractivity contribution in [3.8, 4) is 0 Å². The fourth-order valence-corrected chi connectivity index (χ4v) is 4.60. The van der Waals surface area contributed by atoms with E-state index in [1.165, 1.54) is 21.7 Å². The number of aryl methyl sites for hydroxylation is 1.